The van der Waals surface area contributed by atoms with E-state index in [1.54, 1.807) is 30.2 Å². The quantitative estimate of drug-likeness (QED) is 0.687. The number of methoxy groups -OCH3 is 1. The second kappa shape index (κ2) is 8.31. The number of hydrogen-bond donors (Lipinski definition) is 2. The first-order valence-electron chi connectivity index (χ1n) is 10.7. The highest BCUT2D eigenvalue weighted by atomic mass is 32.2. The monoisotopic (exact) mass is 478 g/mol. The van der Waals surface area contributed by atoms with Gasteiger partial charge in [-0.2, -0.15) is 5.26 Å². The van der Waals surface area contributed by atoms with Gasteiger partial charge in [-0.15, -0.1) is 0 Å². The summed E-state index contributed by atoms with van der Waals surface area (Å²) in [5.41, 5.74) is 9.02. The molecule has 0 spiro atoms. The lowest BCUT2D eigenvalue weighted by atomic mass is 9.68. The van der Waals surface area contributed by atoms with Crippen molar-refractivity contribution < 1.29 is 17.9 Å². The van der Waals surface area contributed by atoms with E-state index in [1.165, 1.54) is 12.1 Å². The molecule has 0 bridgehead atoms. The van der Waals surface area contributed by atoms with Gasteiger partial charge in [0.25, 0.3) is 0 Å². The van der Waals surface area contributed by atoms with Crippen LogP contribution in [0.4, 0.5) is 5.69 Å². The Balaban J connectivity index is 1.97. The number of ether oxygens (including phenoxy) is 1. The highest BCUT2D eigenvalue weighted by Crippen LogP contribution is 2.50. The first kappa shape index (κ1) is 23.5. The molecule has 2 aromatic carbocycles. The van der Waals surface area contributed by atoms with Gasteiger partial charge in [-0.05, 0) is 53.8 Å². The molecule has 2 aromatic rings. The first-order valence-corrected chi connectivity index (χ1v) is 12.2. The molecule has 0 saturated carbocycles. The predicted octanol–water partition coefficient (Wildman–Crippen LogP) is 3.28. The van der Waals surface area contributed by atoms with Crippen LogP contribution in [-0.4, -0.2) is 21.3 Å². The lowest BCUT2D eigenvalue weighted by molar-refractivity contribution is -0.118. The van der Waals surface area contributed by atoms with Crippen molar-refractivity contribution in [2.45, 2.75) is 37.5 Å². The second-order valence-electron chi connectivity index (χ2n) is 9.30. The number of nitriles is 1. The number of carbonyl (C=O) groups is 1. The largest absolute Gasteiger partial charge is 0.497 e. The van der Waals surface area contributed by atoms with Crippen LogP contribution in [0.5, 0.6) is 5.75 Å². The van der Waals surface area contributed by atoms with Crippen LogP contribution in [0.2, 0.25) is 0 Å². The van der Waals surface area contributed by atoms with Gasteiger partial charge in [0, 0.05) is 23.4 Å². The molecule has 0 amide bonds. The summed E-state index contributed by atoms with van der Waals surface area (Å²) in [5.74, 6) is 0.132. The average Bonchev–Trinajstić information content (AvgIpc) is 2.77. The van der Waals surface area contributed by atoms with Crippen molar-refractivity contribution in [3.8, 4) is 11.8 Å². The summed E-state index contributed by atoms with van der Waals surface area (Å²) < 4.78 is 28.8. The van der Waals surface area contributed by atoms with Crippen LogP contribution in [-0.2, 0) is 14.8 Å². The standard InChI is InChI=1S/C25H26N4O4S/c1-25(2)12-20-23(21(30)13-25)22(15-5-4-6-17(11-15)33-3)19(14-26)24(27)29(20)16-7-9-18(10-8-16)34(28,31)32/h4-11,22H,12-13,27H2,1-3H3,(H2,28,31,32). The third kappa shape index (κ3) is 4.06. The third-order valence-electron chi connectivity index (χ3n) is 6.23. The number of anilines is 1. The highest BCUT2D eigenvalue weighted by Gasteiger charge is 2.44. The fraction of sp³-hybridized carbons (Fsp3) is 0.280. The van der Waals surface area contributed by atoms with E-state index < -0.39 is 15.9 Å². The molecule has 8 nitrogen and oxygen atoms in total. The average molecular weight is 479 g/mol. The molecule has 1 aliphatic heterocycles. The van der Waals surface area contributed by atoms with Gasteiger partial charge in [-0.25, -0.2) is 13.6 Å². The first-order chi connectivity index (χ1) is 16.0. The van der Waals surface area contributed by atoms with E-state index in [1.807, 2.05) is 32.0 Å². The molecule has 0 saturated heterocycles. The molecule has 1 atom stereocenters. The number of nitrogens with zero attached hydrogens (tertiary/aromatic N) is 2. The number of rotatable bonds is 4. The Morgan fingerprint density at radius 3 is 2.41 bits per heavy atom. The van der Waals surface area contributed by atoms with E-state index >= 15 is 0 Å². The van der Waals surface area contributed by atoms with Crippen molar-refractivity contribution in [3.05, 3.63) is 76.8 Å². The van der Waals surface area contributed by atoms with Gasteiger partial charge in [-0.3, -0.25) is 9.69 Å². The summed E-state index contributed by atoms with van der Waals surface area (Å²) in [6.45, 7) is 4.02. The van der Waals surface area contributed by atoms with Crippen molar-refractivity contribution in [2.75, 3.05) is 12.0 Å². The number of primary sulfonamides is 1. The Morgan fingerprint density at radius 2 is 1.82 bits per heavy atom. The lowest BCUT2D eigenvalue weighted by Crippen LogP contribution is -2.42. The Kier molecular flexibility index (Phi) is 5.75. The minimum Gasteiger partial charge on any atom is -0.497 e. The molecule has 1 unspecified atom stereocenters. The Morgan fingerprint density at radius 1 is 1.15 bits per heavy atom. The number of sulfonamides is 1. The zero-order valence-corrected chi connectivity index (χ0v) is 20.0. The molecule has 0 fully saturated rings. The number of allylic oxidation sites excluding steroid dienone is 3. The predicted molar refractivity (Wildman–Crippen MR) is 128 cm³/mol. The summed E-state index contributed by atoms with van der Waals surface area (Å²) in [4.78, 5) is 15.2. The van der Waals surface area contributed by atoms with E-state index in [4.69, 9.17) is 15.6 Å². The van der Waals surface area contributed by atoms with E-state index in [2.05, 4.69) is 6.07 Å². The maximum Gasteiger partial charge on any atom is 0.238 e. The molecule has 0 radical (unpaired) electrons. The second-order valence-corrected chi connectivity index (χ2v) is 10.9. The number of ketones is 1. The van der Waals surface area contributed by atoms with Crippen LogP contribution >= 0.6 is 0 Å². The van der Waals surface area contributed by atoms with Crippen molar-refractivity contribution in [1.82, 2.24) is 0 Å². The Labute approximate surface area is 199 Å². The molecule has 1 aliphatic carbocycles. The maximum absolute atomic E-state index is 13.5. The number of carbonyl (C=O) groups excluding carboxylic acids is 1. The number of benzene rings is 2. The minimum absolute atomic E-state index is 0.0418. The van der Waals surface area contributed by atoms with E-state index in [0.717, 1.165) is 5.56 Å². The van der Waals surface area contributed by atoms with Gasteiger partial charge < -0.3 is 10.5 Å². The molecule has 9 heteroatoms. The summed E-state index contributed by atoms with van der Waals surface area (Å²) in [6, 6.07) is 15.4. The molecule has 34 heavy (non-hydrogen) atoms. The van der Waals surface area contributed by atoms with Gasteiger partial charge in [0.2, 0.25) is 10.0 Å². The summed E-state index contributed by atoms with van der Waals surface area (Å²) in [7, 11) is -2.32. The van der Waals surface area contributed by atoms with Crippen LogP contribution in [0.3, 0.4) is 0 Å². The highest BCUT2D eigenvalue weighted by molar-refractivity contribution is 7.89. The smallest absolute Gasteiger partial charge is 0.238 e. The summed E-state index contributed by atoms with van der Waals surface area (Å²) >= 11 is 0. The minimum atomic E-state index is -3.87. The summed E-state index contributed by atoms with van der Waals surface area (Å²) in [5, 5.41) is 15.4. The third-order valence-corrected chi connectivity index (χ3v) is 7.16. The molecule has 4 N–H and O–H groups in total. The Hall–Kier alpha value is -3.61. The molecule has 2 aliphatic rings. The van der Waals surface area contributed by atoms with Gasteiger partial charge in [0.15, 0.2) is 5.78 Å². The molecule has 0 aromatic heterocycles. The lowest BCUT2D eigenvalue weighted by Gasteiger charge is -2.43. The van der Waals surface area contributed by atoms with Gasteiger partial charge in [-0.1, -0.05) is 26.0 Å². The van der Waals surface area contributed by atoms with Gasteiger partial charge in [0.1, 0.15) is 11.6 Å². The van der Waals surface area contributed by atoms with E-state index in [-0.39, 0.29) is 27.5 Å². The van der Waals surface area contributed by atoms with Crippen molar-refractivity contribution in [2.24, 2.45) is 16.3 Å². The van der Waals surface area contributed by atoms with Crippen molar-refractivity contribution >= 4 is 21.5 Å². The topological polar surface area (TPSA) is 140 Å². The maximum atomic E-state index is 13.5. The molecule has 176 valence electrons. The Bertz CT molecular complexity index is 1380. The van der Waals surface area contributed by atoms with Gasteiger partial charge >= 0.3 is 0 Å². The van der Waals surface area contributed by atoms with E-state index in [9.17, 15) is 18.5 Å². The van der Waals surface area contributed by atoms with E-state index in [0.29, 0.717) is 35.5 Å². The zero-order chi connectivity index (χ0) is 24.8. The van der Waals surface area contributed by atoms with Crippen LogP contribution in [0, 0.1) is 16.7 Å². The molecular formula is C25H26N4O4S. The zero-order valence-electron chi connectivity index (χ0n) is 19.2. The van der Waals surface area contributed by atoms with Crippen molar-refractivity contribution in [3.63, 3.8) is 0 Å². The van der Waals surface area contributed by atoms with Crippen LogP contribution in [0.1, 0.15) is 38.2 Å². The van der Waals surface area contributed by atoms with Crippen molar-refractivity contribution in [1.29, 1.82) is 5.26 Å². The van der Waals surface area contributed by atoms with Crippen LogP contribution in [0.15, 0.2) is 76.1 Å². The molecule has 1 heterocycles. The van der Waals surface area contributed by atoms with Gasteiger partial charge in [0.05, 0.1) is 29.6 Å². The normalized spacial score (nSPS) is 20.1. The number of Topliss-reactive ketones (excluding diaryl/α,β-unsaturated/α-hetero) is 1. The fourth-order valence-electron chi connectivity index (χ4n) is 4.74. The number of nitrogens with two attached hydrogens (primary N) is 2. The molecule has 4 rings (SSSR count). The SMILES string of the molecule is COc1cccc(C2C(C#N)=C(N)N(c3ccc(S(N)(=O)=O)cc3)C3=C2C(=O)CC(C)(C)C3)c1. The van der Waals surface area contributed by atoms with Crippen LogP contribution < -0.4 is 20.5 Å². The number of hydrogen-bond acceptors (Lipinski definition) is 7. The molecular weight excluding hydrogens is 452 g/mol. The fourth-order valence-corrected chi connectivity index (χ4v) is 5.26. The van der Waals surface area contributed by atoms with Crippen LogP contribution in [0.25, 0.3) is 0 Å². The summed E-state index contributed by atoms with van der Waals surface area (Å²) in [6.07, 6.45) is 0.883.